The van der Waals surface area contributed by atoms with Crippen LogP contribution in [0.25, 0.3) is 0 Å². The summed E-state index contributed by atoms with van der Waals surface area (Å²) in [5.41, 5.74) is -0.357. The molecule has 22 heavy (non-hydrogen) atoms. The molecule has 0 bridgehead atoms. The third kappa shape index (κ3) is 4.24. The largest absolute Gasteiger partial charge is 0.362 e. The highest BCUT2D eigenvalue weighted by Crippen LogP contribution is 2.23. The molecule has 6 nitrogen and oxygen atoms in total. The van der Waals surface area contributed by atoms with Gasteiger partial charge in [0.25, 0.3) is 0 Å². The summed E-state index contributed by atoms with van der Waals surface area (Å²) in [7, 11) is 0. The second-order valence-electron chi connectivity index (χ2n) is 5.53. The van der Waals surface area contributed by atoms with Gasteiger partial charge in [-0.15, -0.1) is 0 Å². The average molecular weight is 326 g/mol. The van der Waals surface area contributed by atoms with Gasteiger partial charge in [0.1, 0.15) is 23.5 Å². The molecule has 7 heteroatoms. The molecule has 123 valence electrons. The van der Waals surface area contributed by atoms with Crippen LogP contribution in [0.2, 0.25) is 0 Å². The molecule has 1 N–H and O–H groups in total. The van der Waals surface area contributed by atoms with Gasteiger partial charge in [-0.25, -0.2) is 4.98 Å². The van der Waals surface area contributed by atoms with Crippen molar-refractivity contribution in [3.05, 3.63) is 18.2 Å². The first kappa shape index (κ1) is 17.3. The van der Waals surface area contributed by atoms with Crippen LogP contribution in [0, 0.1) is 13.1 Å². The Balaban J connectivity index is 2.09. The Morgan fingerprint density at radius 2 is 2.45 bits per heavy atom. The number of aromatic nitrogens is 2. The minimum atomic E-state index is -0.357. The highest BCUT2D eigenvalue weighted by atomic mass is 32.2. The van der Waals surface area contributed by atoms with E-state index in [1.807, 2.05) is 11.5 Å². The van der Waals surface area contributed by atoms with Crippen LogP contribution >= 0.6 is 12.0 Å². The van der Waals surface area contributed by atoms with Gasteiger partial charge >= 0.3 is 0 Å². The van der Waals surface area contributed by atoms with Gasteiger partial charge in [-0.2, -0.15) is 0 Å². The molecule has 2 atom stereocenters. The van der Waals surface area contributed by atoms with Crippen LogP contribution in [0.3, 0.4) is 0 Å². The topological polar surface area (TPSA) is 67.6 Å². The molecular weight excluding hydrogens is 302 g/mol. The van der Waals surface area contributed by atoms with Gasteiger partial charge in [0.15, 0.2) is 0 Å². The van der Waals surface area contributed by atoms with E-state index in [9.17, 15) is 4.79 Å². The van der Waals surface area contributed by atoms with Crippen molar-refractivity contribution in [3.63, 3.8) is 0 Å². The van der Waals surface area contributed by atoms with Crippen molar-refractivity contribution >= 4 is 17.9 Å². The Morgan fingerprint density at radius 3 is 3.09 bits per heavy atom. The molecule has 1 fully saturated rings. The van der Waals surface area contributed by atoms with Crippen LogP contribution in [0.4, 0.5) is 0 Å². The van der Waals surface area contributed by atoms with Crippen LogP contribution in [0.15, 0.2) is 6.20 Å². The zero-order valence-electron chi connectivity index (χ0n) is 13.2. The van der Waals surface area contributed by atoms with Gasteiger partial charge in [0.05, 0.1) is 13.2 Å². The first-order chi connectivity index (χ1) is 10.7. The molecule has 1 aromatic rings. The number of unbranched alkanes of at least 4 members (excludes halogenated alkanes) is 2. The maximum atomic E-state index is 12.9. The van der Waals surface area contributed by atoms with E-state index < -0.39 is 0 Å². The number of aryl methyl sites for hydroxylation is 1. The van der Waals surface area contributed by atoms with Crippen molar-refractivity contribution in [2.45, 2.75) is 51.0 Å². The van der Waals surface area contributed by atoms with Gasteiger partial charge in [-0.05, 0) is 13.3 Å². The van der Waals surface area contributed by atoms with E-state index in [0.717, 1.165) is 31.5 Å². The lowest BCUT2D eigenvalue weighted by Gasteiger charge is -2.34. The highest BCUT2D eigenvalue weighted by molar-refractivity contribution is 7.94. The molecule has 2 rings (SSSR count). The summed E-state index contributed by atoms with van der Waals surface area (Å²) >= 11 is 0.659. The Labute approximate surface area is 136 Å². The van der Waals surface area contributed by atoms with Crippen LogP contribution in [-0.4, -0.2) is 50.0 Å². The first-order valence-corrected chi connectivity index (χ1v) is 8.63. The van der Waals surface area contributed by atoms with Crippen LogP contribution in [0.5, 0.6) is 0 Å². The molecule has 1 amide bonds. The van der Waals surface area contributed by atoms with Crippen molar-refractivity contribution in [1.29, 1.82) is 0 Å². The number of ether oxygens (including phenoxy) is 1. The Kier molecular flexibility index (Phi) is 6.72. The summed E-state index contributed by atoms with van der Waals surface area (Å²) in [4.78, 5) is 18.8. The quantitative estimate of drug-likeness (QED) is 0.616. The van der Waals surface area contributed by atoms with Gasteiger partial charge in [0.2, 0.25) is 5.91 Å². The SMILES string of the molecule is CCCCCC(C(=O)N1CCOC(SO)C1)n1c[c]nc1C. The Bertz CT molecular complexity index is 480. The number of rotatable bonds is 7. The van der Waals surface area contributed by atoms with Crippen molar-refractivity contribution < 1.29 is 14.1 Å². The van der Waals surface area contributed by atoms with Gasteiger partial charge in [0, 0.05) is 24.8 Å². The molecule has 1 saturated heterocycles. The number of carbonyl (C=O) groups excluding carboxylic acids is 1. The number of hydrogen-bond acceptors (Lipinski definition) is 5. The minimum absolute atomic E-state index is 0.0768. The fourth-order valence-corrected chi connectivity index (χ4v) is 3.12. The normalized spacial score (nSPS) is 20.1. The molecule has 2 unspecified atom stereocenters. The molecule has 0 spiro atoms. The lowest BCUT2D eigenvalue weighted by molar-refractivity contribution is -0.140. The second kappa shape index (κ2) is 8.55. The molecule has 1 aliphatic heterocycles. The molecule has 0 saturated carbocycles. The maximum Gasteiger partial charge on any atom is 0.245 e. The standard InChI is InChI=1S/C15H24N3O3S/c1-3-4-5-6-13(18-8-7-16-12(18)2)15(19)17-9-10-21-14(11-17)22-20/h8,13-14,20H,3-6,9-11H2,1-2H3. The Hall–Kier alpha value is -1.05. The molecular formula is C15H24N3O3S. The number of amides is 1. The first-order valence-electron chi connectivity index (χ1n) is 7.79. The summed E-state index contributed by atoms with van der Waals surface area (Å²) in [5, 5.41) is 0. The highest BCUT2D eigenvalue weighted by Gasteiger charge is 2.30. The molecule has 1 aliphatic rings. The van der Waals surface area contributed by atoms with Crippen molar-refractivity contribution in [2.75, 3.05) is 19.7 Å². The lowest BCUT2D eigenvalue weighted by Crippen LogP contribution is -2.47. The zero-order valence-corrected chi connectivity index (χ0v) is 14.0. The van der Waals surface area contributed by atoms with Crippen LogP contribution in [-0.2, 0) is 9.53 Å². The lowest BCUT2D eigenvalue weighted by atomic mass is 10.1. The molecule has 1 radical (unpaired) electrons. The van der Waals surface area contributed by atoms with Crippen molar-refractivity contribution in [3.8, 4) is 0 Å². The van der Waals surface area contributed by atoms with E-state index in [0.29, 0.717) is 31.7 Å². The van der Waals surface area contributed by atoms with E-state index in [-0.39, 0.29) is 17.4 Å². The monoisotopic (exact) mass is 326 g/mol. The van der Waals surface area contributed by atoms with E-state index in [4.69, 9.17) is 9.29 Å². The van der Waals surface area contributed by atoms with Crippen LogP contribution < -0.4 is 0 Å². The molecule has 1 aromatic heterocycles. The number of hydrogen-bond donors (Lipinski definition) is 1. The fourth-order valence-electron chi connectivity index (χ4n) is 2.71. The third-order valence-electron chi connectivity index (χ3n) is 3.96. The number of nitrogens with zero attached hydrogens (tertiary/aromatic N) is 3. The minimum Gasteiger partial charge on any atom is -0.362 e. The van der Waals surface area contributed by atoms with Crippen molar-refractivity contribution in [2.24, 2.45) is 0 Å². The Morgan fingerprint density at radius 1 is 1.64 bits per heavy atom. The third-order valence-corrected chi connectivity index (χ3v) is 4.48. The number of carbonyl (C=O) groups is 1. The summed E-state index contributed by atoms with van der Waals surface area (Å²) in [5.74, 6) is 0.879. The summed E-state index contributed by atoms with van der Waals surface area (Å²) in [6.07, 6.45) is 8.61. The van der Waals surface area contributed by atoms with Gasteiger partial charge < -0.3 is 18.8 Å². The second-order valence-corrected chi connectivity index (χ2v) is 6.26. The van der Waals surface area contributed by atoms with Crippen LogP contribution in [0.1, 0.15) is 44.5 Å². The summed E-state index contributed by atoms with van der Waals surface area (Å²) < 4.78 is 16.5. The zero-order chi connectivity index (χ0) is 15.9. The number of morpholine rings is 1. The summed E-state index contributed by atoms with van der Waals surface area (Å²) in [6, 6.07) is -0.243. The van der Waals surface area contributed by atoms with E-state index in [1.165, 1.54) is 0 Å². The maximum absolute atomic E-state index is 12.9. The van der Waals surface area contributed by atoms with E-state index in [2.05, 4.69) is 18.1 Å². The van der Waals surface area contributed by atoms with E-state index >= 15 is 0 Å². The molecule has 0 aliphatic carbocycles. The number of imidazole rings is 1. The predicted octanol–water partition coefficient (Wildman–Crippen LogP) is 2.50. The molecule has 2 heterocycles. The molecule has 0 aromatic carbocycles. The van der Waals surface area contributed by atoms with Gasteiger partial charge in [-0.3, -0.25) is 4.79 Å². The smallest absolute Gasteiger partial charge is 0.245 e. The summed E-state index contributed by atoms with van der Waals surface area (Å²) in [6.45, 7) is 5.49. The average Bonchev–Trinajstić information content (AvgIpc) is 2.97. The fraction of sp³-hybridized carbons (Fsp3) is 0.733. The van der Waals surface area contributed by atoms with Gasteiger partial charge in [-0.1, -0.05) is 26.2 Å². The van der Waals surface area contributed by atoms with Crippen molar-refractivity contribution in [1.82, 2.24) is 14.5 Å². The predicted molar refractivity (Wildman–Crippen MR) is 85.5 cm³/mol. The van der Waals surface area contributed by atoms with E-state index in [1.54, 1.807) is 11.1 Å².